The van der Waals surface area contributed by atoms with Crippen LogP contribution in [0.15, 0.2) is 174 Å². The quantitative estimate of drug-likeness (QED) is 0.185. The first-order chi connectivity index (χ1) is 23.3. The van der Waals surface area contributed by atoms with Gasteiger partial charge in [-0.1, -0.05) is 146 Å². The van der Waals surface area contributed by atoms with E-state index in [2.05, 4.69) is 158 Å². The molecule has 10 rings (SSSR count). The van der Waals surface area contributed by atoms with Gasteiger partial charge in [-0.05, 0) is 101 Å². The highest BCUT2D eigenvalue weighted by atomic mass is 16.3. The van der Waals surface area contributed by atoms with Gasteiger partial charge in [0.25, 0.3) is 0 Å². The fraction of sp³-hybridized carbons (Fsp3) is 0. The third-order valence-electron chi connectivity index (χ3n) is 9.85. The fourth-order valence-electron chi connectivity index (χ4n) is 7.74. The van der Waals surface area contributed by atoms with Gasteiger partial charge in [0.05, 0.1) is 0 Å². The summed E-state index contributed by atoms with van der Waals surface area (Å²) in [6.45, 7) is 0. The van der Waals surface area contributed by atoms with Crippen molar-refractivity contribution in [2.45, 2.75) is 0 Å². The number of furan rings is 1. The topological polar surface area (TPSA) is 13.1 Å². The van der Waals surface area contributed by atoms with Gasteiger partial charge in [-0.3, -0.25) is 0 Å². The first-order valence-corrected chi connectivity index (χ1v) is 16.2. The van der Waals surface area contributed by atoms with Crippen molar-refractivity contribution in [3.05, 3.63) is 170 Å². The zero-order valence-corrected chi connectivity index (χ0v) is 25.6. The minimum atomic E-state index is 0.917. The molecular formula is C46H28O. The Morgan fingerprint density at radius 1 is 0.277 bits per heavy atom. The Bertz CT molecular complexity index is 2800. The van der Waals surface area contributed by atoms with Crippen molar-refractivity contribution in [2.24, 2.45) is 0 Å². The summed E-state index contributed by atoms with van der Waals surface area (Å²) in [5.41, 5.74) is 9.30. The molecule has 10 aromatic rings. The van der Waals surface area contributed by atoms with Crippen molar-refractivity contribution in [1.82, 2.24) is 0 Å². The summed E-state index contributed by atoms with van der Waals surface area (Å²) in [5.74, 6) is 0. The highest BCUT2D eigenvalue weighted by molar-refractivity contribution is 6.24. The second-order valence-corrected chi connectivity index (χ2v) is 12.4. The first-order valence-electron chi connectivity index (χ1n) is 16.2. The van der Waals surface area contributed by atoms with Gasteiger partial charge in [0, 0.05) is 10.8 Å². The summed E-state index contributed by atoms with van der Waals surface area (Å²) in [4.78, 5) is 0. The molecule has 0 N–H and O–H groups in total. The second-order valence-electron chi connectivity index (χ2n) is 12.4. The van der Waals surface area contributed by atoms with Crippen LogP contribution in [0.5, 0.6) is 0 Å². The molecular weight excluding hydrogens is 569 g/mol. The number of hydrogen-bond acceptors (Lipinski definition) is 1. The lowest BCUT2D eigenvalue weighted by Gasteiger charge is -2.20. The van der Waals surface area contributed by atoms with E-state index in [1.54, 1.807) is 0 Å². The zero-order chi connectivity index (χ0) is 30.9. The molecule has 218 valence electrons. The molecule has 0 amide bonds. The summed E-state index contributed by atoms with van der Waals surface area (Å²) >= 11 is 0. The van der Waals surface area contributed by atoms with E-state index in [0.717, 1.165) is 21.9 Å². The summed E-state index contributed by atoms with van der Waals surface area (Å²) in [5, 5.41) is 12.3. The van der Waals surface area contributed by atoms with Crippen LogP contribution in [-0.2, 0) is 0 Å². The van der Waals surface area contributed by atoms with Crippen molar-refractivity contribution < 1.29 is 4.42 Å². The van der Waals surface area contributed by atoms with E-state index in [9.17, 15) is 0 Å². The molecule has 0 spiro atoms. The lowest BCUT2D eigenvalue weighted by atomic mass is 9.83. The number of benzene rings is 9. The Kier molecular flexibility index (Phi) is 5.64. The molecule has 0 aliphatic heterocycles. The van der Waals surface area contributed by atoms with Crippen LogP contribution in [0.25, 0.3) is 98.4 Å². The van der Waals surface area contributed by atoms with Crippen LogP contribution in [0.2, 0.25) is 0 Å². The Hall–Kier alpha value is -6.18. The molecule has 0 saturated carbocycles. The van der Waals surface area contributed by atoms with E-state index in [1.165, 1.54) is 76.5 Å². The lowest BCUT2D eigenvalue weighted by Crippen LogP contribution is -1.92. The van der Waals surface area contributed by atoms with E-state index in [-0.39, 0.29) is 0 Å². The van der Waals surface area contributed by atoms with Crippen molar-refractivity contribution in [1.29, 1.82) is 0 Å². The predicted molar refractivity (Wildman–Crippen MR) is 200 cm³/mol. The van der Waals surface area contributed by atoms with Crippen molar-refractivity contribution >= 4 is 65.0 Å². The molecule has 1 nitrogen and oxygen atoms in total. The van der Waals surface area contributed by atoms with Gasteiger partial charge in [0.15, 0.2) is 0 Å². The second kappa shape index (κ2) is 10.2. The third kappa shape index (κ3) is 3.97. The van der Waals surface area contributed by atoms with Gasteiger partial charge in [0.2, 0.25) is 0 Å². The molecule has 0 atom stereocenters. The van der Waals surface area contributed by atoms with Crippen LogP contribution in [0, 0.1) is 0 Å². The number of rotatable bonds is 3. The van der Waals surface area contributed by atoms with Gasteiger partial charge < -0.3 is 4.42 Å². The van der Waals surface area contributed by atoms with E-state index < -0.39 is 0 Å². The number of para-hydroxylation sites is 1. The van der Waals surface area contributed by atoms with Crippen LogP contribution in [-0.4, -0.2) is 0 Å². The number of fused-ring (bicyclic) bond motifs is 7. The lowest BCUT2D eigenvalue weighted by molar-refractivity contribution is 0.669. The Labute approximate surface area is 271 Å². The highest BCUT2D eigenvalue weighted by Gasteiger charge is 2.19. The molecule has 0 fully saturated rings. The summed E-state index contributed by atoms with van der Waals surface area (Å²) in [6.07, 6.45) is 0. The standard InChI is InChI=1S/C46H28O/c1-2-12-30-27-32(22-21-29(30)11-1)45-37-16-5-7-18-39(37)46(40-19-8-6-17-38(40)45)41-25-24-33(34-13-3-4-14-35(34)41)31-23-26-44-42(28-31)36-15-9-10-20-43(36)47-44/h1-28H. The Morgan fingerprint density at radius 3 is 1.51 bits per heavy atom. The van der Waals surface area contributed by atoms with Crippen molar-refractivity contribution in [2.75, 3.05) is 0 Å². The zero-order valence-electron chi connectivity index (χ0n) is 25.6. The van der Waals surface area contributed by atoms with Gasteiger partial charge in [-0.2, -0.15) is 0 Å². The monoisotopic (exact) mass is 596 g/mol. The average molecular weight is 597 g/mol. The van der Waals surface area contributed by atoms with Gasteiger partial charge in [0.1, 0.15) is 11.2 Å². The summed E-state index contributed by atoms with van der Waals surface area (Å²) < 4.78 is 6.15. The van der Waals surface area contributed by atoms with Crippen LogP contribution in [0.4, 0.5) is 0 Å². The molecule has 0 bridgehead atoms. The predicted octanol–water partition coefficient (Wildman–Crippen LogP) is 13.2. The van der Waals surface area contributed by atoms with E-state index in [0.29, 0.717) is 0 Å². The maximum atomic E-state index is 6.15. The summed E-state index contributed by atoms with van der Waals surface area (Å²) in [6, 6.07) is 61.7. The SMILES string of the molecule is c1ccc2cc(-c3c4ccccc4c(-c4ccc(-c5ccc6oc7ccccc7c6c5)c5ccccc45)c4ccccc34)ccc2c1. The molecule has 0 unspecified atom stereocenters. The first kappa shape index (κ1) is 26.1. The molecule has 0 aliphatic carbocycles. The van der Waals surface area contributed by atoms with E-state index in [4.69, 9.17) is 4.42 Å². The Morgan fingerprint density at radius 2 is 0.787 bits per heavy atom. The summed E-state index contributed by atoms with van der Waals surface area (Å²) in [7, 11) is 0. The third-order valence-corrected chi connectivity index (χ3v) is 9.85. The van der Waals surface area contributed by atoms with Crippen LogP contribution in [0.1, 0.15) is 0 Å². The van der Waals surface area contributed by atoms with E-state index >= 15 is 0 Å². The molecule has 0 radical (unpaired) electrons. The smallest absolute Gasteiger partial charge is 0.135 e. The molecule has 9 aromatic carbocycles. The van der Waals surface area contributed by atoms with Crippen LogP contribution < -0.4 is 0 Å². The average Bonchev–Trinajstić information content (AvgIpc) is 3.51. The Balaban J connectivity index is 1.25. The molecule has 1 heterocycles. The van der Waals surface area contributed by atoms with Gasteiger partial charge in [-0.25, -0.2) is 0 Å². The van der Waals surface area contributed by atoms with Crippen LogP contribution in [0.3, 0.4) is 0 Å². The highest BCUT2D eigenvalue weighted by Crippen LogP contribution is 2.47. The minimum Gasteiger partial charge on any atom is -0.456 e. The molecule has 1 aromatic heterocycles. The van der Waals surface area contributed by atoms with Gasteiger partial charge in [-0.15, -0.1) is 0 Å². The van der Waals surface area contributed by atoms with E-state index in [1.807, 2.05) is 12.1 Å². The van der Waals surface area contributed by atoms with Crippen molar-refractivity contribution in [3.63, 3.8) is 0 Å². The normalized spacial score (nSPS) is 11.8. The van der Waals surface area contributed by atoms with Crippen molar-refractivity contribution in [3.8, 4) is 33.4 Å². The fourth-order valence-corrected chi connectivity index (χ4v) is 7.74. The van der Waals surface area contributed by atoms with Crippen LogP contribution >= 0.6 is 0 Å². The molecule has 0 aliphatic rings. The minimum absolute atomic E-state index is 0.917. The maximum Gasteiger partial charge on any atom is 0.135 e. The maximum absolute atomic E-state index is 6.15. The molecule has 1 heteroatoms. The number of hydrogen-bond donors (Lipinski definition) is 0. The molecule has 47 heavy (non-hydrogen) atoms. The molecule has 0 saturated heterocycles. The largest absolute Gasteiger partial charge is 0.456 e. The van der Waals surface area contributed by atoms with Gasteiger partial charge >= 0.3 is 0 Å².